The van der Waals surface area contributed by atoms with E-state index in [0.29, 0.717) is 49.0 Å². The molecule has 0 saturated carbocycles. The zero-order chi connectivity index (χ0) is 21.0. The molecule has 3 rings (SSSR count). The summed E-state index contributed by atoms with van der Waals surface area (Å²) in [5.74, 6) is 0.204. The lowest BCUT2D eigenvalue weighted by atomic mass is 10.0. The Morgan fingerprint density at radius 3 is 1.90 bits per heavy atom. The molecule has 2 amide bonds. The van der Waals surface area contributed by atoms with E-state index in [-0.39, 0.29) is 11.8 Å². The zero-order valence-corrected chi connectivity index (χ0v) is 17.1. The van der Waals surface area contributed by atoms with Crippen LogP contribution in [0.4, 0.5) is 0 Å². The molecule has 0 aromatic heterocycles. The van der Waals surface area contributed by atoms with Crippen molar-refractivity contribution in [1.82, 2.24) is 9.80 Å². The molecule has 0 bridgehead atoms. The van der Waals surface area contributed by atoms with E-state index in [1.807, 2.05) is 24.3 Å². The number of benzene rings is 2. The van der Waals surface area contributed by atoms with Crippen molar-refractivity contribution >= 4 is 17.8 Å². The standard InChI is InChI=1S/C23H26N2O4/c1-16(2)18-7-9-19(10-8-18)22(27)24-11-13-25(14-12-24)23(28)20-5-4-6-21(15-20)29-17(3)26/h4-10,15-16H,11-14H2,1-3H3. The average Bonchev–Trinajstić information content (AvgIpc) is 2.72. The van der Waals surface area contributed by atoms with E-state index in [4.69, 9.17) is 4.74 Å². The Bertz CT molecular complexity index is 897. The Morgan fingerprint density at radius 2 is 1.38 bits per heavy atom. The van der Waals surface area contributed by atoms with Crippen LogP contribution < -0.4 is 4.74 Å². The van der Waals surface area contributed by atoms with E-state index < -0.39 is 5.97 Å². The van der Waals surface area contributed by atoms with Crippen LogP contribution in [0, 0.1) is 0 Å². The van der Waals surface area contributed by atoms with Crippen LogP contribution in [0.15, 0.2) is 48.5 Å². The predicted molar refractivity (Wildman–Crippen MR) is 110 cm³/mol. The summed E-state index contributed by atoms with van der Waals surface area (Å²) in [4.78, 5) is 40.1. The first-order valence-corrected chi connectivity index (χ1v) is 9.82. The molecular weight excluding hydrogens is 368 g/mol. The van der Waals surface area contributed by atoms with E-state index in [1.54, 1.807) is 34.1 Å². The average molecular weight is 394 g/mol. The van der Waals surface area contributed by atoms with Crippen molar-refractivity contribution in [2.45, 2.75) is 26.7 Å². The lowest BCUT2D eigenvalue weighted by Gasteiger charge is -2.35. The van der Waals surface area contributed by atoms with Crippen LogP contribution in [-0.4, -0.2) is 53.8 Å². The molecule has 1 saturated heterocycles. The number of rotatable bonds is 4. The second-order valence-corrected chi connectivity index (χ2v) is 7.48. The van der Waals surface area contributed by atoms with Crippen LogP contribution in [0.2, 0.25) is 0 Å². The molecular formula is C23H26N2O4. The van der Waals surface area contributed by atoms with Crippen molar-refractivity contribution in [3.8, 4) is 5.75 Å². The van der Waals surface area contributed by atoms with E-state index in [0.717, 1.165) is 0 Å². The third-order valence-corrected chi connectivity index (χ3v) is 5.02. The Morgan fingerprint density at radius 1 is 0.828 bits per heavy atom. The van der Waals surface area contributed by atoms with E-state index in [1.165, 1.54) is 12.5 Å². The topological polar surface area (TPSA) is 66.9 Å². The van der Waals surface area contributed by atoms with Gasteiger partial charge in [-0.2, -0.15) is 0 Å². The summed E-state index contributed by atoms with van der Waals surface area (Å²) in [7, 11) is 0. The largest absolute Gasteiger partial charge is 0.427 e. The smallest absolute Gasteiger partial charge is 0.308 e. The maximum absolute atomic E-state index is 12.8. The Balaban J connectivity index is 1.60. The fourth-order valence-electron chi connectivity index (χ4n) is 3.35. The van der Waals surface area contributed by atoms with Gasteiger partial charge in [0.05, 0.1) is 0 Å². The molecule has 1 heterocycles. The van der Waals surface area contributed by atoms with Crippen molar-refractivity contribution in [3.05, 3.63) is 65.2 Å². The summed E-state index contributed by atoms with van der Waals surface area (Å²) in [6, 6.07) is 14.3. The lowest BCUT2D eigenvalue weighted by Crippen LogP contribution is -2.50. The Labute approximate surface area is 171 Å². The molecule has 1 aliphatic heterocycles. The van der Waals surface area contributed by atoms with Crippen molar-refractivity contribution < 1.29 is 19.1 Å². The van der Waals surface area contributed by atoms with Gasteiger partial charge in [-0.25, -0.2) is 0 Å². The minimum atomic E-state index is -0.428. The third-order valence-electron chi connectivity index (χ3n) is 5.02. The van der Waals surface area contributed by atoms with Crippen LogP contribution >= 0.6 is 0 Å². The molecule has 1 aliphatic rings. The number of amides is 2. The minimum Gasteiger partial charge on any atom is -0.427 e. The number of esters is 1. The molecule has 6 nitrogen and oxygen atoms in total. The van der Waals surface area contributed by atoms with Crippen molar-refractivity contribution in [2.24, 2.45) is 0 Å². The quantitative estimate of drug-likeness (QED) is 0.589. The van der Waals surface area contributed by atoms with E-state index in [9.17, 15) is 14.4 Å². The summed E-state index contributed by atoms with van der Waals surface area (Å²) in [5, 5.41) is 0. The third kappa shape index (κ3) is 5.02. The van der Waals surface area contributed by atoms with Crippen LogP contribution in [0.25, 0.3) is 0 Å². The Kier molecular flexibility index (Phi) is 6.32. The van der Waals surface area contributed by atoms with Crippen molar-refractivity contribution in [2.75, 3.05) is 26.2 Å². The second-order valence-electron chi connectivity index (χ2n) is 7.48. The molecule has 0 spiro atoms. The van der Waals surface area contributed by atoms with Gasteiger partial charge in [-0.15, -0.1) is 0 Å². The molecule has 6 heteroatoms. The second kappa shape index (κ2) is 8.90. The molecule has 2 aromatic carbocycles. The SMILES string of the molecule is CC(=O)Oc1cccc(C(=O)N2CCN(C(=O)c3ccc(C(C)C)cc3)CC2)c1. The highest BCUT2D eigenvalue weighted by molar-refractivity contribution is 5.96. The molecule has 0 radical (unpaired) electrons. The fourth-order valence-corrected chi connectivity index (χ4v) is 3.35. The summed E-state index contributed by atoms with van der Waals surface area (Å²) in [6.07, 6.45) is 0. The first-order chi connectivity index (χ1) is 13.8. The van der Waals surface area contributed by atoms with Gasteiger partial charge in [0.15, 0.2) is 0 Å². The number of ether oxygens (including phenoxy) is 1. The van der Waals surface area contributed by atoms with Gasteiger partial charge in [0.2, 0.25) is 0 Å². The number of carbonyl (C=O) groups is 3. The summed E-state index contributed by atoms with van der Waals surface area (Å²) in [5.41, 5.74) is 2.34. The predicted octanol–water partition coefficient (Wildman–Crippen LogP) is 3.33. The first kappa shape index (κ1) is 20.6. The highest BCUT2D eigenvalue weighted by atomic mass is 16.5. The van der Waals surface area contributed by atoms with Crippen molar-refractivity contribution in [3.63, 3.8) is 0 Å². The summed E-state index contributed by atoms with van der Waals surface area (Å²) < 4.78 is 5.05. The van der Waals surface area contributed by atoms with Gasteiger partial charge < -0.3 is 14.5 Å². The zero-order valence-electron chi connectivity index (χ0n) is 17.1. The normalized spacial score (nSPS) is 14.1. The van der Waals surface area contributed by atoms with E-state index in [2.05, 4.69) is 13.8 Å². The molecule has 2 aromatic rings. The molecule has 0 unspecified atom stereocenters. The van der Waals surface area contributed by atoms with Crippen LogP contribution in [0.3, 0.4) is 0 Å². The highest BCUT2D eigenvalue weighted by Gasteiger charge is 2.25. The van der Waals surface area contributed by atoms with Gasteiger partial charge in [-0.05, 0) is 41.8 Å². The monoisotopic (exact) mass is 394 g/mol. The maximum Gasteiger partial charge on any atom is 0.308 e. The fraction of sp³-hybridized carbons (Fsp3) is 0.348. The minimum absolute atomic E-state index is 0.00994. The Hall–Kier alpha value is -3.15. The summed E-state index contributed by atoms with van der Waals surface area (Å²) in [6.45, 7) is 7.46. The number of carbonyl (C=O) groups excluding carboxylic acids is 3. The molecule has 0 aliphatic carbocycles. The lowest BCUT2D eigenvalue weighted by molar-refractivity contribution is -0.131. The van der Waals surface area contributed by atoms with Gasteiger partial charge in [0, 0.05) is 44.2 Å². The number of piperazine rings is 1. The van der Waals surface area contributed by atoms with Gasteiger partial charge in [0.25, 0.3) is 11.8 Å². The van der Waals surface area contributed by atoms with Gasteiger partial charge in [-0.3, -0.25) is 14.4 Å². The molecule has 152 valence electrons. The molecule has 0 N–H and O–H groups in total. The van der Waals surface area contributed by atoms with Crippen LogP contribution in [0.1, 0.15) is 53.0 Å². The number of nitrogens with zero attached hydrogens (tertiary/aromatic N) is 2. The molecule has 29 heavy (non-hydrogen) atoms. The molecule has 0 atom stereocenters. The van der Waals surface area contributed by atoms with Crippen molar-refractivity contribution in [1.29, 1.82) is 0 Å². The van der Waals surface area contributed by atoms with Gasteiger partial charge in [-0.1, -0.05) is 32.0 Å². The van der Waals surface area contributed by atoms with Gasteiger partial charge in [0.1, 0.15) is 5.75 Å². The first-order valence-electron chi connectivity index (χ1n) is 9.82. The van der Waals surface area contributed by atoms with E-state index >= 15 is 0 Å². The van der Waals surface area contributed by atoms with Gasteiger partial charge >= 0.3 is 5.97 Å². The maximum atomic E-state index is 12.8. The summed E-state index contributed by atoms with van der Waals surface area (Å²) >= 11 is 0. The van der Waals surface area contributed by atoms with Crippen LogP contribution in [0.5, 0.6) is 5.75 Å². The highest BCUT2D eigenvalue weighted by Crippen LogP contribution is 2.18. The molecule has 1 fully saturated rings. The van der Waals surface area contributed by atoms with Crippen LogP contribution in [-0.2, 0) is 4.79 Å². The number of hydrogen-bond donors (Lipinski definition) is 0. The number of hydrogen-bond acceptors (Lipinski definition) is 4.